The molecular formula is C14H22N2S. The lowest BCUT2D eigenvalue weighted by Crippen LogP contribution is -2.42. The lowest BCUT2D eigenvalue weighted by Gasteiger charge is -2.40. The third-order valence-corrected chi connectivity index (χ3v) is 5.18. The Morgan fingerprint density at radius 2 is 2.18 bits per heavy atom. The Hall–Kier alpha value is -0.670. The van der Waals surface area contributed by atoms with E-state index in [9.17, 15) is 0 Å². The summed E-state index contributed by atoms with van der Waals surface area (Å²) in [5.74, 6) is 0. The molecular weight excluding hydrogens is 228 g/mol. The zero-order valence-corrected chi connectivity index (χ0v) is 12.0. The highest BCUT2D eigenvalue weighted by atomic mass is 32.2. The molecule has 2 atom stereocenters. The van der Waals surface area contributed by atoms with Crippen LogP contribution in [-0.2, 0) is 0 Å². The summed E-state index contributed by atoms with van der Waals surface area (Å²) in [6.07, 6.45) is 1.22. The molecule has 0 spiro atoms. The van der Waals surface area contributed by atoms with Gasteiger partial charge in [0, 0.05) is 23.2 Å². The van der Waals surface area contributed by atoms with E-state index in [1.807, 2.05) is 18.8 Å². The Labute approximate surface area is 109 Å². The number of para-hydroxylation sites is 1. The maximum absolute atomic E-state index is 3.25. The molecule has 2 unspecified atom stereocenters. The fourth-order valence-electron chi connectivity index (χ4n) is 2.48. The first-order valence-electron chi connectivity index (χ1n) is 6.29. The van der Waals surface area contributed by atoms with Gasteiger partial charge in [-0.2, -0.15) is 0 Å². The summed E-state index contributed by atoms with van der Waals surface area (Å²) < 4.78 is 0. The first kappa shape index (κ1) is 12.8. The maximum Gasteiger partial charge on any atom is 0.0534 e. The van der Waals surface area contributed by atoms with Gasteiger partial charge in [0.2, 0.25) is 0 Å². The van der Waals surface area contributed by atoms with Crippen LogP contribution in [0.4, 0.5) is 5.69 Å². The first-order valence-corrected chi connectivity index (χ1v) is 7.17. The number of thioether (sulfide) groups is 1. The van der Waals surface area contributed by atoms with Crippen LogP contribution < -0.4 is 10.2 Å². The van der Waals surface area contributed by atoms with E-state index in [-0.39, 0.29) is 0 Å². The van der Waals surface area contributed by atoms with Crippen LogP contribution in [0.1, 0.15) is 18.9 Å². The molecule has 2 rings (SSSR count). The summed E-state index contributed by atoms with van der Waals surface area (Å²) in [4.78, 5) is 3.88. The molecule has 1 aromatic carbocycles. The van der Waals surface area contributed by atoms with Crippen LogP contribution in [0, 0.1) is 6.92 Å². The van der Waals surface area contributed by atoms with Crippen LogP contribution in [0.2, 0.25) is 0 Å². The molecule has 2 nitrogen and oxygen atoms in total. The second-order valence-corrected chi connectivity index (χ2v) is 6.10. The standard InChI is InChI=1S/C14H22N2S/c1-10-6-5-7-13-14(10)16(4)11(2)12(17-13)8-9-15-3/h5-7,11-12,15H,8-9H2,1-4H3. The minimum Gasteiger partial charge on any atom is -0.370 e. The predicted octanol–water partition coefficient (Wildman–Crippen LogP) is 2.90. The predicted molar refractivity (Wildman–Crippen MR) is 77.2 cm³/mol. The van der Waals surface area contributed by atoms with E-state index in [4.69, 9.17) is 0 Å². The number of rotatable bonds is 3. The van der Waals surface area contributed by atoms with Crippen LogP contribution in [-0.4, -0.2) is 31.9 Å². The molecule has 1 aliphatic rings. The minimum absolute atomic E-state index is 0.599. The number of aryl methyl sites for hydroxylation is 1. The van der Waals surface area contributed by atoms with E-state index in [0.717, 1.165) is 6.54 Å². The Bertz CT molecular complexity index is 392. The van der Waals surface area contributed by atoms with Crippen molar-refractivity contribution in [3.8, 4) is 0 Å². The average Bonchev–Trinajstić information content (AvgIpc) is 2.32. The molecule has 0 fully saturated rings. The van der Waals surface area contributed by atoms with E-state index in [1.54, 1.807) is 0 Å². The van der Waals surface area contributed by atoms with Gasteiger partial charge in [-0.05, 0) is 45.5 Å². The number of benzene rings is 1. The summed E-state index contributed by atoms with van der Waals surface area (Å²) in [6.45, 7) is 5.64. The average molecular weight is 250 g/mol. The molecule has 0 aliphatic carbocycles. The van der Waals surface area contributed by atoms with Crippen LogP contribution in [0.3, 0.4) is 0 Å². The molecule has 1 aromatic rings. The van der Waals surface area contributed by atoms with Crippen molar-refractivity contribution in [2.45, 2.75) is 36.5 Å². The molecule has 0 radical (unpaired) electrons. The summed E-state index contributed by atoms with van der Waals surface area (Å²) in [5.41, 5.74) is 2.81. The molecule has 0 bridgehead atoms. The fraction of sp³-hybridized carbons (Fsp3) is 0.571. The van der Waals surface area contributed by atoms with Gasteiger partial charge in [-0.3, -0.25) is 0 Å². The van der Waals surface area contributed by atoms with Gasteiger partial charge < -0.3 is 10.2 Å². The van der Waals surface area contributed by atoms with Gasteiger partial charge in [0.25, 0.3) is 0 Å². The Balaban J connectivity index is 2.26. The highest BCUT2D eigenvalue weighted by Crippen LogP contribution is 2.43. The summed E-state index contributed by atoms with van der Waals surface area (Å²) in [6, 6.07) is 7.22. The smallest absolute Gasteiger partial charge is 0.0534 e. The van der Waals surface area contributed by atoms with Crippen molar-refractivity contribution >= 4 is 17.4 Å². The molecule has 94 valence electrons. The highest BCUT2D eigenvalue weighted by Gasteiger charge is 2.30. The van der Waals surface area contributed by atoms with Crippen LogP contribution in [0.15, 0.2) is 23.1 Å². The quantitative estimate of drug-likeness (QED) is 0.888. The fourth-order valence-corrected chi connectivity index (χ4v) is 4.00. The molecule has 0 saturated carbocycles. The van der Waals surface area contributed by atoms with E-state index in [2.05, 4.69) is 49.3 Å². The Kier molecular flexibility index (Phi) is 4.00. The number of nitrogens with zero attached hydrogens (tertiary/aromatic N) is 1. The normalized spacial score (nSPS) is 23.6. The van der Waals surface area contributed by atoms with E-state index >= 15 is 0 Å². The molecule has 1 heterocycles. The van der Waals surface area contributed by atoms with Gasteiger partial charge in [-0.25, -0.2) is 0 Å². The van der Waals surface area contributed by atoms with Crippen molar-refractivity contribution in [1.82, 2.24) is 5.32 Å². The number of nitrogens with one attached hydrogen (secondary N) is 1. The van der Waals surface area contributed by atoms with Crippen LogP contribution >= 0.6 is 11.8 Å². The van der Waals surface area contributed by atoms with E-state index in [0.29, 0.717) is 11.3 Å². The molecule has 1 N–H and O–H groups in total. The lowest BCUT2D eigenvalue weighted by atomic mass is 10.1. The van der Waals surface area contributed by atoms with Gasteiger partial charge in [-0.1, -0.05) is 12.1 Å². The molecule has 1 aliphatic heterocycles. The van der Waals surface area contributed by atoms with Crippen molar-refractivity contribution in [3.05, 3.63) is 23.8 Å². The minimum atomic E-state index is 0.599. The zero-order chi connectivity index (χ0) is 12.4. The number of hydrogen-bond acceptors (Lipinski definition) is 3. The molecule has 0 aromatic heterocycles. The SMILES string of the molecule is CNCCC1Sc2cccc(C)c2N(C)C1C. The third kappa shape index (κ3) is 2.45. The number of anilines is 1. The monoisotopic (exact) mass is 250 g/mol. The largest absolute Gasteiger partial charge is 0.370 e. The molecule has 17 heavy (non-hydrogen) atoms. The highest BCUT2D eigenvalue weighted by molar-refractivity contribution is 8.00. The van der Waals surface area contributed by atoms with Crippen molar-refractivity contribution < 1.29 is 0 Å². The van der Waals surface area contributed by atoms with Gasteiger partial charge in [-0.15, -0.1) is 11.8 Å². The van der Waals surface area contributed by atoms with Crippen LogP contribution in [0.5, 0.6) is 0 Å². The summed E-state index contributed by atoms with van der Waals surface area (Å²) >= 11 is 2.04. The Morgan fingerprint density at radius 3 is 2.88 bits per heavy atom. The van der Waals surface area contributed by atoms with Gasteiger partial charge in [0.1, 0.15) is 0 Å². The van der Waals surface area contributed by atoms with Gasteiger partial charge in [0.05, 0.1) is 5.69 Å². The Morgan fingerprint density at radius 1 is 1.41 bits per heavy atom. The number of hydrogen-bond donors (Lipinski definition) is 1. The van der Waals surface area contributed by atoms with Crippen molar-refractivity contribution in [1.29, 1.82) is 0 Å². The van der Waals surface area contributed by atoms with Crippen molar-refractivity contribution in [2.24, 2.45) is 0 Å². The van der Waals surface area contributed by atoms with Crippen LogP contribution in [0.25, 0.3) is 0 Å². The van der Waals surface area contributed by atoms with E-state index < -0.39 is 0 Å². The lowest BCUT2D eigenvalue weighted by molar-refractivity contribution is 0.582. The molecule has 0 saturated heterocycles. The van der Waals surface area contributed by atoms with Gasteiger partial charge >= 0.3 is 0 Å². The first-order chi connectivity index (χ1) is 8.15. The van der Waals surface area contributed by atoms with E-state index in [1.165, 1.54) is 22.6 Å². The topological polar surface area (TPSA) is 15.3 Å². The second-order valence-electron chi connectivity index (χ2n) is 4.82. The summed E-state index contributed by atoms with van der Waals surface area (Å²) in [7, 11) is 4.25. The summed E-state index contributed by atoms with van der Waals surface area (Å²) in [5, 5.41) is 3.94. The molecule has 0 amide bonds. The zero-order valence-electron chi connectivity index (χ0n) is 11.2. The second kappa shape index (κ2) is 5.32. The molecule has 3 heteroatoms. The van der Waals surface area contributed by atoms with Crippen molar-refractivity contribution in [2.75, 3.05) is 25.5 Å². The number of fused-ring (bicyclic) bond motifs is 1. The maximum atomic E-state index is 3.25. The van der Waals surface area contributed by atoms with Gasteiger partial charge in [0.15, 0.2) is 0 Å². The third-order valence-electron chi connectivity index (χ3n) is 3.66. The van der Waals surface area contributed by atoms with Crippen molar-refractivity contribution in [3.63, 3.8) is 0 Å².